The molecule has 0 spiro atoms. The molecule has 0 aliphatic carbocycles. The molecule has 0 saturated carbocycles. The lowest BCUT2D eigenvalue weighted by Crippen LogP contribution is -2.23. The number of halogens is 1. The van der Waals surface area contributed by atoms with E-state index in [0.717, 1.165) is 27.6 Å². The molecule has 0 atom stereocenters. The van der Waals surface area contributed by atoms with Crippen molar-refractivity contribution in [2.45, 2.75) is 6.54 Å². The SMILES string of the molecule is COc1c(-c2ccccc2)c2ccccc2n(Cc2ccccc2Cl)c1=O. The molecule has 0 fully saturated rings. The summed E-state index contributed by atoms with van der Waals surface area (Å²) >= 11 is 6.33. The van der Waals surface area contributed by atoms with E-state index in [0.29, 0.717) is 17.3 Å². The predicted octanol–water partition coefficient (Wildman–Crippen LogP) is 5.38. The summed E-state index contributed by atoms with van der Waals surface area (Å²) in [6, 6.07) is 25.3. The number of aromatic nitrogens is 1. The van der Waals surface area contributed by atoms with Gasteiger partial charge in [-0.3, -0.25) is 4.79 Å². The lowest BCUT2D eigenvalue weighted by Gasteiger charge is -2.18. The summed E-state index contributed by atoms with van der Waals surface area (Å²) in [5.74, 6) is 0.340. The Balaban J connectivity index is 2.04. The van der Waals surface area contributed by atoms with Crippen molar-refractivity contribution in [2.24, 2.45) is 0 Å². The number of ether oxygens (including phenoxy) is 1. The first-order valence-electron chi connectivity index (χ1n) is 8.69. The van der Waals surface area contributed by atoms with E-state index in [9.17, 15) is 4.79 Å². The molecule has 0 aliphatic heterocycles. The van der Waals surface area contributed by atoms with Gasteiger partial charge in [0.2, 0.25) is 0 Å². The molecule has 0 bridgehead atoms. The minimum Gasteiger partial charge on any atom is -0.491 e. The van der Waals surface area contributed by atoms with Gasteiger partial charge in [0.05, 0.1) is 19.2 Å². The van der Waals surface area contributed by atoms with Gasteiger partial charge < -0.3 is 9.30 Å². The molecular formula is C23H18ClNO2. The Hall–Kier alpha value is -3.04. The van der Waals surface area contributed by atoms with Crippen LogP contribution in [0.3, 0.4) is 0 Å². The van der Waals surface area contributed by atoms with Crippen LogP contribution in [0.1, 0.15) is 5.56 Å². The second-order valence-corrected chi connectivity index (χ2v) is 6.68. The van der Waals surface area contributed by atoms with Crippen LogP contribution in [0.25, 0.3) is 22.0 Å². The molecule has 27 heavy (non-hydrogen) atoms. The average Bonchev–Trinajstić information content (AvgIpc) is 2.71. The highest BCUT2D eigenvalue weighted by molar-refractivity contribution is 6.31. The summed E-state index contributed by atoms with van der Waals surface area (Å²) in [4.78, 5) is 13.3. The Labute approximate surface area is 162 Å². The number of fused-ring (bicyclic) bond motifs is 1. The first-order valence-corrected chi connectivity index (χ1v) is 9.07. The fraction of sp³-hybridized carbons (Fsp3) is 0.0870. The Morgan fingerprint density at radius 3 is 2.30 bits per heavy atom. The largest absolute Gasteiger partial charge is 0.491 e. The number of hydrogen-bond donors (Lipinski definition) is 0. The van der Waals surface area contributed by atoms with E-state index in [1.807, 2.05) is 78.9 Å². The number of rotatable bonds is 4. The van der Waals surface area contributed by atoms with Crippen molar-refractivity contribution >= 4 is 22.5 Å². The number of benzene rings is 3. The van der Waals surface area contributed by atoms with Crippen LogP contribution in [0.4, 0.5) is 0 Å². The number of hydrogen-bond acceptors (Lipinski definition) is 2. The van der Waals surface area contributed by atoms with Crippen LogP contribution in [0.15, 0.2) is 83.7 Å². The van der Waals surface area contributed by atoms with Crippen molar-refractivity contribution in [3.05, 3.63) is 99.8 Å². The van der Waals surface area contributed by atoms with Gasteiger partial charge in [0.25, 0.3) is 5.56 Å². The molecule has 0 aliphatic rings. The van der Waals surface area contributed by atoms with Crippen molar-refractivity contribution in [3.8, 4) is 16.9 Å². The Morgan fingerprint density at radius 1 is 0.889 bits per heavy atom. The van der Waals surface area contributed by atoms with E-state index in [-0.39, 0.29) is 5.56 Å². The van der Waals surface area contributed by atoms with E-state index in [1.165, 1.54) is 7.11 Å². The summed E-state index contributed by atoms with van der Waals surface area (Å²) in [6.45, 7) is 0.379. The third-order valence-corrected chi connectivity index (χ3v) is 5.05. The molecule has 0 radical (unpaired) electrons. The first-order chi connectivity index (χ1) is 13.2. The maximum atomic E-state index is 13.3. The van der Waals surface area contributed by atoms with Gasteiger partial charge in [-0.25, -0.2) is 0 Å². The fourth-order valence-corrected chi connectivity index (χ4v) is 3.61. The molecule has 1 aromatic heterocycles. The standard InChI is InChI=1S/C23H18ClNO2/c1-27-22-21(16-9-3-2-4-10-16)18-12-6-8-14-20(18)25(23(22)26)15-17-11-5-7-13-19(17)24/h2-14H,15H2,1H3. The molecule has 134 valence electrons. The van der Waals surface area contributed by atoms with Gasteiger partial charge in [0.15, 0.2) is 5.75 Å². The quantitative estimate of drug-likeness (QED) is 0.479. The summed E-state index contributed by atoms with van der Waals surface area (Å²) in [5, 5.41) is 1.60. The third kappa shape index (κ3) is 3.11. The summed E-state index contributed by atoms with van der Waals surface area (Å²) in [5.41, 5.74) is 3.33. The van der Waals surface area contributed by atoms with Crippen molar-refractivity contribution in [2.75, 3.05) is 7.11 Å². The van der Waals surface area contributed by atoms with Crippen molar-refractivity contribution in [1.29, 1.82) is 0 Å². The summed E-state index contributed by atoms with van der Waals surface area (Å²) in [6.07, 6.45) is 0. The van der Waals surface area contributed by atoms with Gasteiger partial charge in [-0.1, -0.05) is 78.3 Å². The molecule has 1 heterocycles. The van der Waals surface area contributed by atoms with Gasteiger partial charge >= 0.3 is 0 Å². The molecule has 3 nitrogen and oxygen atoms in total. The van der Waals surface area contributed by atoms with Crippen molar-refractivity contribution < 1.29 is 4.74 Å². The molecule has 3 aromatic carbocycles. The van der Waals surface area contributed by atoms with E-state index in [2.05, 4.69) is 0 Å². The van der Waals surface area contributed by atoms with E-state index in [4.69, 9.17) is 16.3 Å². The molecule has 4 rings (SSSR count). The Bertz CT molecular complexity index is 1170. The minimum absolute atomic E-state index is 0.171. The van der Waals surface area contributed by atoms with Gasteiger partial charge in [0, 0.05) is 16.0 Å². The van der Waals surface area contributed by atoms with Crippen molar-refractivity contribution in [3.63, 3.8) is 0 Å². The van der Waals surface area contributed by atoms with Gasteiger partial charge in [-0.05, 0) is 23.3 Å². The lowest BCUT2D eigenvalue weighted by molar-refractivity contribution is 0.407. The Kier molecular flexibility index (Phi) is 4.69. The second kappa shape index (κ2) is 7.29. The molecule has 0 saturated heterocycles. The van der Waals surface area contributed by atoms with E-state index < -0.39 is 0 Å². The minimum atomic E-state index is -0.171. The molecular weight excluding hydrogens is 358 g/mol. The molecule has 4 aromatic rings. The topological polar surface area (TPSA) is 31.2 Å². The first kappa shape index (κ1) is 17.4. The highest BCUT2D eigenvalue weighted by Gasteiger charge is 2.19. The van der Waals surface area contributed by atoms with Crippen LogP contribution in [-0.2, 0) is 6.54 Å². The van der Waals surface area contributed by atoms with Crippen LogP contribution in [-0.4, -0.2) is 11.7 Å². The Morgan fingerprint density at radius 2 is 1.56 bits per heavy atom. The van der Waals surface area contributed by atoms with Crippen LogP contribution >= 0.6 is 11.6 Å². The second-order valence-electron chi connectivity index (χ2n) is 6.27. The zero-order chi connectivity index (χ0) is 18.8. The molecule has 0 amide bonds. The van der Waals surface area contributed by atoms with Crippen molar-refractivity contribution in [1.82, 2.24) is 4.57 Å². The fourth-order valence-electron chi connectivity index (χ4n) is 3.42. The monoisotopic (exact) mass is 375 g/mol. The normalized spacial score (nSPS) is 10.9. The van der Waals surface area contributed by atoms with E-state index >= 15 is 0 Å². The van der Waals surface area contributed by atoms with Crippen LogP contribution < -0.4 is 10.3 Å². The smallest absolute Gasteiger partial charge is 0.294 e. The number of nitrogens with zero attached hydrogens (tertiary/aromatic N) is 1. The molecule has 0 N–H and O–H groups in total. The highest BCUT2D eigenvalue weighted by Crippen LogP contribution is 2.34. The number of para-hydroxylation sites is 1. The third-order valence-electron chi connectivity index (χ3n) is 4.68. The average molecular weight is 376 g/mol. The van der Waals surface area contributed by atoms with Gasteiger partial charge in [0.1, 0.15) is 0 Å². The number of pyridine rings is 1. The molecule has 4 heteroatoms. The zero-order valence-corrected chi connectivity index (χ0v) is 15.6. The summed E-state index contributed by atoms with van der Waals surface area (Å²) in [7, 11) is 1.54. The maximum absolute atomic E-state index is 13.3. The zero-order valence-electron chi connectivity index (χ0n) is 14.9. The van der Waals surface area contributed by atoms with E-state index in [1.54, 1.807) is 4.57 Å². The maximum Gasteiger partial charge on any atom is 0.294 e. The molecule has 0 unspecified atom stereocenters. The van der Waals surface area contributed by atoms with Crippen LogP contribution in [0.2, 0.25) is 5.02 Å². The van der Waals surface area contributed by atoms with Crippen LogP contribution in [0.5, 0.6) is 5.75 Å². The highest BCUT2D eigenvalue weighted by atomic mass is 35.5. The van der Waals surface area contributed by atoms with Crippen LogP contribution in [0, 0.1) is 0 Å². The van der Waals surface area contributed by atoms with Gasteiger partial charge in [-0.15, -0.1) is 0 Å². The lowest BCUT2D eigenvalue weighted by atomic mass is 9.99. The van der Waals surface area contributed by atoms with Gasteiger partial charge in [-0.2, -0.15) is 0 Å². The number of methoxy groups -OCH3 is 1. The predicted molar refractivity (Wildman–Crippen MR) is 111 cm³/mol. The summed E-state index contributed by atoms with van der Waals surface area (Å²) < 4.78 is 7.30.